The zero-order valence-electron chi connectivity index (χ0n) is 12.9. The molecule has 0 atom stereocenters. The number of rotatable bonds is 3. The van der Waals surface area contributed by atoms with Crippen LogP contribution in [0.15, 0.2) is 78.9 Å². The molecule has 2 nitrogen and oxygen atoms in total. The lowest BCUT2D eigenvalue weighted by Crippen LogP contribution is -1.92. The third-order valence-corrected chi connectivity index (χ3v) is 3.89. The van der Waals surface area contributed by atoms with Gasteiger partial charge in [0.05, 0.1) is 0 Å². The highest BCUT2D eigenvalue weighted by molar-refractivity contribution is 5.97. The highest BCUT2D eigenvalue weighted by Crippen LogP contribution is 2.33. The van der Waals surface area contributed by atoms with E-state index in [1.54, 1.807) is 24.3 Å². The number of hydrogen-bond acceptors (Lipinski definition) is 2. The largest absolute Gasteiger partial charge is 0.508 e. The Morgan fingerprint density at radius 1 is 0.565 bits per heavy atom. The van der Waals surface area contributed by atoms with Crippen molar-refractivity contribution < 1.29 is 10.2 Å². The molecule has 23 heavy (non-hydrogen) atoms. The lowest BCUT2D eigenvalue weighted by atomic mass is 9.90. The summed E-state index contributed by atoms with van der Waals surface area (Å²) in [6.07, 6.45) is 0. The predicted molar refractivity (Wildman–Crippen MR) is 94.2 cm³/mol. The molecule has 0 radical (unpaired) electrons. The van der Waals surface area contributed by atoms with Gasteiger partial charge in [-0.3, -0.25) is 0 Å². The molecule has 0 aromatic heterocycles. The summed E-state index contributed by atoms with van der Waals surface area (Å²) in [4.78, 5) is 0. The summed E-state index contributed by atoms with van der Waals surface area (Å²) in [7, 11) is 0. The van der Waals surface area contributed by atoms with Gasteiger partial charge >= 0.3 is 0 Å². The van der Waals surface area contributed by atoms with E-state index in [-0.39, 0.29) is 11.5 Å². The van der Waals surface area contributed by atoms with Crippen LogP contribution >= 0.6 is 0 Å². The summed E-state index contributed by atoms with van der Waals surface area (Å²) in [5.41, 5.74) is 5.41. The minimum Gasteiger partial charge on any atom is -0.508 e. The normalized spacial score (nSPS) is 10.3. The molecule has 0 aliphatic carbocycles. The molecule has 3 rings (SSSR count). The molecule has 0 saturated carbocycles. The van der Waals surface area contributed by atoms with Crippen LogP contribution in [0.4, 0.5) is 0 Å². The number of phenolic OH excluding ortho intramolecular Hbond substituents is 2. The number of phenols is 2. The van der Waals surface area contributed by atoms with Crippen LogP contribution in [0.2, 0.25) is 0 Å². The summed E-state index contributed by atoms with van der Waals surface area (Å²) in [5.74, 6) is 0.493. The predicted octanol–water partition coefficient (Wildman–Crippen LogP) is 5.08. The third-order valence-electron chi connectivity index (χ3n) is 3.89. The lowest BCUT2D eigenvalue weighted by Gasteiger charge is -2.14. The second-order valence-corrected chi connectivity index (χ2v) is 5.46. The van der Waals surface area contributed by atoms with E-state index in [1.165, 1.54) is 0 Å². The fraction of sp³-hybridized carbons (Fsp3) is 0.0476. The first-order chi connectivity index (χ1) is 11.1. The summed E-state index contributed by atoms with van der Waals surface area (Å²) >= 11 is 0. The fourth-order valence-corrected chi connectivity index (χ4v) is 2.69. The van der Waals surface area contributed by atoms with E-state index >= 15 is 0 Å². The van der Waals surface area contributed by atoms with Gasteiger partial charge in [0.1, 0.15) is 11.5 Å². The summed E-state index contributed by atoms with van der Waals surface area (Å²) in [6, 6.07) is 24.6. The van der Waals surface area contributed by atoms with Crippen LogP contribution in [0.25, 0.3) is 11.1 Å². The minimum atomic E-state index is 0.246. The Kier molecular flexibility index (Phi) is 4.15. The topological polar surface area (TPSA) is 40.5 Å². The first kappa shape index (κ1) is 14.9. The van der Waals surface area contributed by atoms with Crippen molar-refractivity contribution in [2.75, 3.05) is 0 Å². The Labute approximate surface area is 136 Å². The van der Waals surface area contributed by atoms with Crippen LogP contribution in [0.3, 0.4) is 0 Å². The van der Waals surface area contributed by atoms with Crippen molar-refractivity contribution >= 4 is 11.1 Å². The van der Waals surface area contributed by atoms with Gasteiger partial charge in [0.25, 0.3) is 0 Å². The number of allylic oxidation sites excluding steroid dienone is 1. The molecule has 0 amide bonds. The lowest BCUT2D eigenvalue weighted by molar-refractivity contribution is 0.475. The molecule has 0 aliphatic rings. The zero-order chi connectivity index (χ0) is 16.2. The molecule has 0 saturated heterocycles. The minimum absolute atomic E-state index is 0.246. The van der Waals surface area contributed by atoms with Crippen LogP contribution in [0.1, 0.15) is 23.6 Å². The Bertz CT molecular complexity index is 766. The smallest absolute Gasteiger partial charge is 0.115 e. The van der Waals surface area contributed by atoms with Crippen LogP contribution < -0.4 is 0 Å². The van der Waals surface area contributed by atoms with Gasteiger partial charge in [-0.05, 0) is 59.0 Å². The Balaban J connectivity index is 2.21. The molecule has 0 bridgehead atoms. The Morgan fingerprint density at radius 2 is 1.00 bits per heavy atom. The van der Waals surface area contributed by atoms with Crippen molar-refractivity contribution in [3.05, 3.63) is 95.6 Å². The van der Waals surface area contributed by atoms with E-state index in [9.17, 15) is 10.2 Å². The van der Waals surface area contributed by atoms with Crippen molar-refractivity contribution in [3.63, 3.8) is 0 Å². The molecule has 0 aliphatic heterocycles. The molecule has 0 spiro atoms. The molecule has 3 aromatic rings. The monoisotopic (exact) mass is 302 g/mol. The van der Waals surface area contributed by atoms with E-state index in [4.69, 9.17) is 0 Å². The van der Waals surface area contributed by atoms with Crippen molar-refractivity contribution in [2.45, 2.75) is 6.92 Å². The van der Waals surface area contributed by atoms with Gasteiger partial charge in [-0.25, -0.2) is 0 Å². The number of aromatic hydroxyl groups is 2. The van der Waals surface area contributed by atoms with Gasteiger partial charge in [-0.15, -0.1) is 0 Å². The average Bonchev–Trinajstić information content (AvgIpc) is 2.59. The van der Waals surface area contributed by atoms with Crippen molar-refractivity contribution in [3.8, 4) is 11.5 Å². The molecule has 0 heterocycles. The van der Waals surface area contributed by atoms with E-state index in [1.807, 2.05) is 42.5 Å². The summed E-state index contributed by atoms with van der Waals surface area (Å²) in [5, 5.41) is 19.1. The molecule has 2 N–H and O–H groups in total. The van der Waals surface area contributed by atoms with Gasteiger partial charge < -0.3 is 10.2 Å². The van der Waals surface area contributed by atoms with E-state index in [2.05, 4.69) is 19.1 Å². The molecule has 3 aromatic carbocycles. The highest BCUT2D eigenvalue weighted by Gasteiger charge is 2.11. The van der Waals surface area contributed by atoms with Crippen molar-refractivity contribution in [1.82, 2.24) is 0 Å². The van der Waals surface area contributed by atoms with Gasteiger partial charge in [0.15, 0.2) is 0 Å². The maximum absolute atomic E-state index is 9.55. The molecular weight excluding hydrogens is 284 g/mol. The zero-order valence-corrected chi connectivity index (χ0v) is 12.9. The van der Waals surface area contributed by atoms with Gasteiger partial charge in [0, 0.05) is 0 Å². The maximum atomic E-state index is 9.55. The standard InChI is InChI=1S/C21H18O2/c1-15(16-5-3-2-4-6-16)21(17-7-11-19(22)12-8-17)18-9-13-20(23)14-10-18/h2-14,22-23H,1H3. The SMILES string of the molecule is CC(=C(c1ccc(O)cc1)c1ccc(O)cc1)c1ccccc1. The van der Waals surface area contributed by atoms with E-state index < -0.39 is 0 Å². The molecule has 114 valence electrons. The van der Waals surface area contributed by atoms with Gasteiger partial charge in [0.2, 0.25) is 0 Å². The first-order valence-electron chi connectivity index (χ1n) is 7.50. The molecule has 0 unspecified atom stereocenters. The van der Waals surface area contributed by atoms with Crippen molar-refractivity contribution in [2.24, 2.45) is 0 Å². The number of benzene rings is 3. The van der Waals surface area contributed by atoms with Gasteiger partial charge in [-0.2, -0.15) is 0 Å². The van der Waals surface area contributed by atoms with E-state index in [0.29, 0.717) is 0 Å². The van der Waals surface area contributed by atoms with Crippen molar-refractivity contribution in [1.29, 1.82) is 0 Å². The Hall–Kier alpha value is -3.00. The van der Waals surface area contributed by atoms with Crippen LogP contribution in [0.5, 0.6) is 11.5 Å². The number of hydrogen-bond donors (Lipinski definition) is 2. The van der Waals surface area contributed by atoms with Crippen LogP contribution in [0, 0.1) is 0 Å². The van der Waals surface area contributed by atoms with E-state index in [0.717, 1.165) is 27.8 Å². The average molecular weight is 302 g/mol. The fourth-order valence-electron chi connectivity index (χ4n) is 2.69. The first-order valence-corrected chi connectivity index (χ1v) is 7.50. The Morgan fingerprint density at radius 3 is 1.43 bits per heavy atom. The second-order valence-electron chi connectivity index (χ2n) is 5.46. The van der Waals surface area contributed by atoms with Gasteiger partial charge in [-0.1, -0.05) is 54.6 Å². The molecule has 2 heteroatoms. The summed E-state index contributed by atoms with van der Waals surface area (Å²) in [6.45, 7) is 2.09. The quantitative estimate of drug-likeness (QED) is 0.663. The van der Waals surface area contributed by atoms with Crippen LogP contribution in [-0.4, -0.2) is 10.2 Å². The third kappa shape index (κ3) is 3.27. The van der Waals surface area contributed by atoms with Crippen LogP contribution in [-0.2, 0) is 0 Å². The maximum Gasteiger partial charge on any atom is 0.115 e. The second kappa shape index (κ2) is 6.41. The molecular formula is C21H18O2. The highest BCUT2D eigenvalue weighted by atomic mass is 16.3. The molecule has 0 fully saturated rings. The summed E-state index contributed by atoms with van der Waals surface area (Å²) < 4.78 is 0.